The number of aromatic hydroxyl groups is 1. The molecule has 0 aromatic heterocycles. The molecular weight excluding hydrogens is 165 g/mol. The first-order chi connectivity index (χ1) is 5.20. The first kappa shape index (κ1) is 11.5. The molecule has 0 atom stereocenters. The number of nitrogens with one attached hydrogen (secondary N) is 1. The van der Waals surface area contributed by atoms with Crippen molar-refractivity contribution in [2.45, 2.75) is 6.92 Å². The number of carbonyl (C=O) groups excluding carboxylic acids is 1. The Hall–Kier alpha value is -0.510. The molecule has 12 heavy (non-hydrogen) atoms. The maximum atomic E-state index is 10.5. The standard InChI is InChI=1S/C8H9NO2.Na/c1-6(10)9-7-4-2-3-5-8(7)11;/h2-5,11H,1H3,(H,9,10);. The summed E-state index contributed by atoms with van der Waals surface area (Å²) in [6.07, 6.45) is 0. The van der Waals surface area contributed by atoms with Crippen LogP contribution in [0.2, 0.25) is 0 Å². The van der Waals surface area contributed by atoms with Crippen LogP contribution in [0.25, 0.3) is 0 Å². The van der Waals surface area contributed by atoms with E-state index in [0.29, 0.717) is 5.69 Å². The van der Waals surface area contributed by atoms with Gasteiger partial charge in [0.05, 0.1) is 5.69 Å². The minimum atomic E-state index is -0.188. The SMILES string of the molecule is CC(=O)Nc1ccccc1O.[Na]. The average molecular weight is 174 g/mol. The van der Waals surface area contributed by atoms with Crippen LogP contribution >= 0.6 is 0 Å². The van der Waals surface area contributed by atoms with E-state index in [2.05, 4.69) is 5.32 Å². The van der Waals surface area contributed by atoms with Gasteiger partial charge >= 0.3 is 0 Å². The van der Waals surface area contributed by atoms with Crippen LogP contribution in [-0.2, 0) is 4.79 Å². The summed E-state index contributed by atoms with van der Waals surface area (Å²) in [5.74, 6) is -0.103. The summed E-state index contributed by atoms with van der Waals surface area (Å²) in [4.78, 5) is 10.5. The van der Waals surface area contributed by atoms with Gasteiger partial charge in [-0.2, -0.15) is 0 Å². The van der Waals surface area contributed by atoms with E-state index >= 15 is 0 Å². The Morgan fingerprint density at radius 2 is 2.00 bits per heavy atom. The van der Waals surface area contributed by atoms with Gasteiger partial charge in [0, 0.05) is 36.5 Å². The van der Waals surface area contributed by atoms with Crippen molar-refractivity contribution in [3.63, 3.8) is 0 Å². The molecule has 4 heteroatoms. The Morgan fingerprint density at radius 3 is 2.50 bits per heavy atom. The normalized spacial score (nSPS) is 8.42. The molecule has 1 amide bonds. The summed E-state index contributed by atoms with van der Waals surface area (Å²) in [6.45, 7) is 1.40. The Kier molecular flexibility index (Phi) is 4.97. The number of phenolic OH excluding ortho intramolecular Hbond substituents is 1. The van der Waals surface area contributed by atoms with E-state index in [1.165, 1.54) is 13.0 Å². The molecule has 0 aliphatic carbocycles. The van der Waals surface area contributed by atoms with Gasteiger partial charge in [-0.15, -0.1) is 0 Å². The Morgan fingerprint density at radius 1 is 1.42 bits per heavy atom. The monoisotopic (exact) mass is 174 g/mol. The minimum absolute atomic E-state index is 0. The zero-order valence-electron chi connectivity index (χ0n) is 7.16. The molecule has 3 nitrogen and oxygen atoms in total. The number of anilines is 1. The predicted molar refractivity (Wildman–Crippen MR) is 48.2 cm³/mol. The van der Waals surface area contributed by atoms with Crippen molar-refractivity contribution in [1.82, 2.24) is 0 Å². The van der Waals surface area contributed by atoms with Gasteiger partial charge in [0.1, 0.15) is 5.75 Å². The molecule has 1 aromatic rings. The van der Waals surface area contributed by atoms with Crippen LogP contribution in [0.1, 0.15) is 6.92 Å². The molecule has 0 aliphatic heterocycles. The molecule has 0 saturated carbocycles. The van der Waals surface area contributed by atoms with Gasteiger partial charge in [-0.3, -0.25) is 4.79 Å². The van der Waals surface area contributed by atoms with Gasteiger partial charge in [-0.1, -0.05) is 12.1 Å². The van der Waals surface area contributed by atoms with Crippen LogP contribution in [0.4, 0.5) is 5.69 Å². The average Bonchev–Trinajstić information content (AvgIpc) is 1.93. The van der Waals surface area contributed by atoms with Crippen LogP contribution in [0.3, 0.4) is 0 Å². The van der Waals surface area contributed by atoms with Crippen molar-refractivity contribution in [2.24, 2.45) is 0 Å². The van der Waals surface area contributed by atoms with Crippen LogP contribution in [0, 0.1) is 0 Å². The predicted octanol–water partition coefficient (Wildman–Crippen LogP) is 0.970. The molecular formula is C8H9NNaO2. The molecule has 0 saturated heterocycles. The largest absolute Gasteiger partial charge is 0.506 e. The van der Waals surface area contributed by atoms with Crippen LogP contribution in [0.15, 0.2) is 24.3 Å². The minimum Gasteiger partial charge on any atom is -0.506 e. The van der Waals surface area contributed by atoms with E-state index in [-0.39, 0.29) is 41.2 Å². The number of benzene rings is 1. The summed E-state index contributed by atoms with van der Waals surface area (Å²) >= 11 is 0. The molecule has 2 N–H and O–H groups in total. The fraction of sp³-hybridized carbons (Fsp3) is 0.125. The molecule has 0 fully saturated rings. The molecule has 0 heterocycles. The zero-order valence-corrected chi connectivity index (χ0v) is 9.16. The first-order valence-electron chi connectivity index (χ1n) is 3.26. The van der Waals surface area contributed by atoms with Crippen LogP contribution in [0.5, 0.6) is 5.75 Å². The summed E-state index contributed by atoms with van der Waals surface area (Å²) in [6, 6.07) is 6.59. The number of phenols is 1. The molecule has 1 rings (SSSR count). The number of hydrogen-bond donors (Lipinski definition) is 2. The maximum absolute atomic E-state index is 10.5. The third-order valence-corrected chi connectivity index (χ3v) is 1.21. The number of carbonyl (C=O) groups is 1. The third kappa shape index (κ3) is 3.26. The zero-order chi connectivity index (χ0) is 8.27. The van der Waals surface area contributed by atoms with Crippen molar-refractivity contribution in [2.75, 3.05) is 5.32 Å². The van der Waals surface area contributed by atoms with Gasteiger partial charge in [0.25, 0.3) is 0 Å². The molecule has 0 spiro atoms. The van der Waals surface area contributed by atoms with Crippen molar-refractivity contribution in [3.8, 4) is 5.75 Å². The smallest absolute Gasteiger partial charge is 0.221 e. The van der Waals surface area contributed by atoms with E-state index in [1.807, 2.05) is 0 Å². The molecule has 59 valence electrons. The Labute approximate surface area is 93.1 Å². The third-order valence-electron chi connectivity index (χ3n) is 1.21. The van der Waals surface area contributed by atoms with Crippen molar-refractivity contribution >= 4 is 41.2 Å². The van der Waals surface area contributed by atoms with Crippen molar-refractivity contribution in [1.29, 1.82) is 0 Å². The van der Waals surface area contributed by atoms with Crippen molar-refractivity contribution < 1.29 is 9.90 Å². The molecule has 1 aromatic carbocycles. The molecule has 0 unspecified atom stereocenters. The van der Waals surface area contributed by atoms with E-state index in [9.17, 15) is 4.79 Å². The van der Waals surface area contributed by atoms with Gasteiger partial charge in [-0.05, 0) is 12.1 Å². The van der Waals surface area contributed by atoms with Crippen molar-refractivity contribution in [3.05, 3.63) is 24.3 Å². The summed E-state index contributed by atoms with van der Waals surface area (Å²) in [5, 5.41) is 11.6. The second-order valence-electron chi connectivity index (χ2n) is 2.20. The number of hydrogen-bond acceptors (Lipinski definition) is 2. The number of para-hydroxylation sites is 2. The fourth-order valence-corrected chi connectivity index (χ4v) is 0.769. The summed E-state index contributed by atoms with van der Waals surface area (Å²) in [5.41, 5.74) is 0.444. The fourth-order valence-electron chi connectivity index (χ4n) is 0.769. The molecule has 1 radical (unpaired) electrons. The van der Waals surface area contributed by atoms with E-state index < -0.39 is 0 Å². The maximum Gasteiger partial charge on any atom is 0.221 e. The van der Waals surface area contributed by atoms with E-state index in [4.69, 9.17) is 5.11 Å². The van der Waals surface area contributed by atoms with Gasteiger partial charge in [-0.25, -0.2) is 0 Å². The van der Waals surface area contributed by atoms with Gasteiger partial charge in [0.2, 0.25) is 5.91 Å². The first-order valence-corrected chi connectivity index (χ1v) is 3.26. The van der Waals surface area contributed by atoms with Crippen LogP contribution in [-0.4, -0.2) is 40.6 Å². The van der Waals surface area contributed by atoms with E-state index in [0.717, 1.165) is 0 Å². The number of rotatable bonds is 1. The van der Waals surface area contributed by atoms with Crippen LogP contribution < -0.4 is 5.32 Å². The summed E-state index contributed by atoms with van der Waals surface area (Å²) < 4.78 is 0. The Bertz CT molecular complexity index is 276. The summed E-state index contributed by atoms with van der Waals surface area (Å²) in [7, 11) is 0. The molecule has 0 bridgehead atoms. The number of amides is 1. The molecule has 0 aliphatic rings. The quantitative estimate of drug-likeness (QED) is 0.492. The van der Waals surface area contributed by atoms with Gasteiger partial charge < -0.3 is 10.4 Å². The second-order valence-corrected chi connectivity index (χ2v) is 2.20. The topological polar surface area (TPSA) is 49.3 Å². The second kappa shape index (κ2) is 5.19. The van der Waals surface area contributed by atoms with E-state index in [1.54, 1.807) is 18.2 Å². The van der Waals surface area contributed by atoms with Gasteiger partial charge in [0.15, 0.2) is 0 Å². The Balaban J connectivity index is 0.00000121.